The predicted octanol–water partition coefficient (Wildman–Crippen LogP) is 2.21. The number of hydrogen-bond acceptors (Lipinski definition) is 4. The maximum atomic E-state index is 5.54. The Bertz CT molecular complexity index is 760. The highest BCUT2D eigenvalue weighted by molar-refractivity contribution is 5.80. The summed E-state index contributed by atoms with van der Waals surface area (Å²) in [5.41, 5.74) is 2.24. The Labute approximate surface area is 167 Å². The average molecular weight is 385 g/mol. The van der Waals surface area contributed by atoms with Crippen molar-refractivity contribution in [1.29, 1.82) is 0 Å². The van der Waals surface area contributed by atoms with Crippen LogP contribution in [0.4, 0.5) is 0 Å². The van der Waals surface area contributed by atoms with Crippen LogP contribution >= 0.6 is 0 Å². The molecule has 0 aliphatic carbocycles. The Morgan fingerprint density at radius 3 is 2.93 bits per heavy atom. The lowest BCUT2D eigenvalue weighted by atomic mass is 10.1. The van der Waals surface area contributed by atoms with Crippen LogP contribution in [0.2, 0.25) is 0 Å². The first kappa shape index (κ1) is 20.4. The van der Waals surface area contributed by atoms with Crippen molar-refractivity contribution in [1.82, 2.24) is 25.3 Å². The van der Waals surface area contributed by atoms with Crippen LogP contribution in [0.1, 0.15) is 32.4 Å². The number of benzene rings is 1. The minimum Gasteiger partial charge on any atom is -0.379 e. The van der Waals surface area contributed by atoms with Gasteiger partial charge in [0.05, 0.1) is 24.9 Å². The Kier molecular flexibility index (Phi) is 7.06. The van der Waals surface area contributed by atoms with Gasteiger partial charge in [-0.15, -0.1) is 0 Å². The summed E-state index contributed by atoms with van der Waals surface area (Å²) >= 11 is 0. The summed E-state index contributed by atoms with van der Waals surface area (Å²) in [7, 11) is 1.81. The smallest absolute Gasteiger partial charge is 0.191 e. The molecule has 1 aliphatic heterocycles. The van der Waals surface area contributed by atoms with Crippen LogP contribution in [-0.2, 0) is 4.74 Å². The highest BCUT2D eigenvalue weighted by atomic mass is 16.5. The number of aliphatic imine (C=N–C) groups is 1. The molecule has 2 heterocycles. The largest absolute Gasteiger partial charge is 0.379 e. The van der Waals surface area contributed by atoms with Crippen molar-refractivity contribution < 1.29 is 4.74 Å². The summed E-state index contributed by atoms with van der Waals surface area (Å²) in [4.78, 5) is 6.88. The van der Waals surface area contributed by atoms with E-state index < -0.39 is 0 Å². The van der Waals surface area contributed by atoms with Gasteiger partial charge >= 0.3 is 0 Å². The molecule has 1 aromatic carbocycles. The van der Waals surface area contributed by atoms with Crippen LogP contribution in [0.25, 0.3) is 5.69 Å². The molecule has 28 heavy (non-hydrogen) atoms. The second-order valence-corrected chi connectivity index (χ2v) is 7.38. The van der Waals surface area contributed by atoms with E-state index in [-0.39, 0.29) is 6.04 Å². The monoisotopic (exact) mass is 384 g/mol. The quantitative estimate of drug-likeness (QED) is 0.590. The van der Waals surface area contributed by atoms with E-state index in [4.69, 9.17) is 4.74 Å². The molecule has 1 aliphatic rings. The van der Waals surface area contributed by atoms with Gasteiger partial charge in [-0.3, -0.25) is 9.89 Å². The second-order valence-electron chi connectivity index (χ2n) is 7.38. The van der Waals surface area contributed by atoms with Crippen molar-refractivity contribution in [3.05, 3.63) is 48.3 Å². The molecule has 3 rings (SSSR count). The Morgan fingerprint density at radius 2 is 2.21 bits per heavy atom. The fourth-order valence-electron chi connectivity index (χ4n) is 3.60. The summed E-state index contributed by atoms with van der Waals surface area (Å²) in [6.45, 7) is 10.0. The van der Waals surface area contributed by atoms with Gasteiger partial charge in [0.25, 0.3) is 0 Å². The molecule has 2 N–H and O–H groups in total. The topological polar surface area (TPSA) is 66.7 Å². The molecular formula is C21H32N6O. The maximum Gasteiger partial charge on any atom is 0.191 e. The first-order chi connectivity index (χ1) is 13.6. The van der Waals surface area contributed by atoms with Gasteiger partial charge in [-0.1, -0.05) is 12.1 Å². The van der Waals surface area contributed by atoms with Crippen LogP contribution in [-0.4, -0.2) is 66.1 Å². The summed E-state index contributed by atoms with van der Waals surface area (Å²) < 4.78 is 7.41. The van der Waals surface area contributed by atoms with Crippen LogP contribution in [0, 0.1) is 0 Å². The van der Waals surface area contributed by atoms with E-state index in [1.54, 1.807) is 6.20 Å². The van der Waals surface area contributed by atoms with Crippen molar-refractivity contribution in [3.8, 4) is 5.69 Å². The third-order valence-corrected chi connectivity index (χ3v) is 5.27. The zero-order chi connectivity index (χ0) is 19.9. The molecule has 0 radical (unpaired) electrons. The van der Waals surface area contributed by atoms with Gasteiger partial charge in [-0.05, 0) is 44.5 Å². The zero-order valence-electron chi connectivity index (χ0n) is 17.3. The van der Waals surface area contributed by atoms with Crippen molar-refractivity contribution in [3.63, 3.8) is 0 Å². The van der Waals surface area contributed by atoms with Gasteiger partial charge in [-0.2, -0.15) is 5.10 Å². The molecule has 7 heteroatoms. The highest BCUT2D eigenvalue weighted by Gasteiger charge is 2.23. The molecule has 3 atom stereocenters. The van der Waals surface area contributed by atoms with Gasteiger partial charge in [0.2, 0.25) is 0 Å². The number of nitrogens with one attached hydrogen (secondary N) is 2. The minimum atomic E-state index is 0.124. The second kappa shape index (κ2) is 9.71. The normalized spacial score (nSPS) is 20.6. The standard InChI is InChI=1S/C21H32N6O/c1-16(26-11-12-28-15-17(26)2)14-23-21(22-4)25-18(3)19-7-5-8-20(13-19)27-10-6-9-24-27/h5-10,13,16-18H,11-12,14-15H2,1-4H3,(H2,22,23,25). The van der Waals surface area contributed by atoms with E-state index >= 15 is 0 Å². The fourth-order valence-corrected chi connectivity index (χ4v) is 3.60. The Hall–Kier alpha value is -2.38. The summed E-state index contributed by atoms with van der Waals surface area (Å²) in [5.74, 6) is 0.810. The predicted molar refractivity (Wildman–Crippen MR) is 113 cm³/mol. The van der Waals surface area contributed by atoms with Crippen LogP contribution in [0.15, 0.2) is 47.7 Å². The maximum absolute atomic E-state index is 5.54. The summed E-state index contributed by atoms with van der Waals surface area (Å²) in [6.07, 6.45) is 3.74. The van der Waals surface area contributed by atoms with Crippen molar-refractivity contribution in [2.45, 2.75) is 38.9 Å². The van der Waals surface area contributed by atoms with Crippen molar-refractivity contribution >= 4 is 5.96 Å². The lowest BCUT2D eigenvalue weighted by Crippen LogP contribution is -2.53. The van der Waals surface area contributed by atoms with E-state index in [0.29, 0.717) is 12.1 Å². The molecule has 1 aromatic heterocycles. The van der Waals surface area contributed by atoms with Gasteiger partial charge in [0, 0.05) is 44.6 Å². The van der Waals surface area contributed by atoms with Gasteiger partial charge < -0.3 is 15.4 Å². The van der Waals surface area contributed by atoms with E-state index in [0.717, 1.165) is 38.0 Å². The summed E-state index contributed by atoms with van der Waals surface area (Å²) in [6, 6.07) is 11.3. The molecule has 0 saturated carbocycles. The van der Waals surface area contributed by atoms with Crippen LogP contribution < -0.4 is 10.6 Å². The van der Waals surface area contributed by atoms with Gasteiger partial charge in [0.15, 0.2) is 5.96 Å². The SMILES string of the molecule is CN=C(NCC(C)N1CCOCC1C)NC(C)c1cccc(-n2cccn2)c1. The lowest BCUT2D eigenvalue weighted by molar-refractivity contribution is -0.0174. The van der Waals surface area contributed by atoms with E-state index in [1.165, 1.54) is 5.56 Å². The molecule has 1 saturated heterocycles. The number of aromatic nitrogens is 2. The van der Waals surface area contributed by atoms with Crippen molar-refractivity contribution in [2.75, 3.05) is 33.4 Å². The summed E-state index contributed by atoms with van der Waals surface area (Å²) in [5, 5.41) is 11.3. The average Bonchev–Trinajstić information content (AvgIpc) is 3.26. The third kappa shape index (κ3) is 5.11. The van der Waals surface area contributed by atoms with E-state index in [2.05, 4.69) is 70.7 Å². The first-order valence-electron chi connectivity index (χ1n) is 9.99. The minimum absolute atomic E-state index is 0.124. The molecule has 152 valence electrons. The molecule has 3 unspecified atom stereocenters. The van der Waals surface area contributed by atoms with Crippen molar-refractivity contribution in [2.24, 2.45) is 4.99 Å². The van der Waals surface area contributed by atoms with Crippen LogP contribution in [0.3, 0.4) is 0 Å². The number of guanidine groups is 1. The molecule has 0 bridgehead atoms. The number of ether oxygens (including phenoxy) is 1. The third-order valence-electron chi connectivity index (χ3n) is 5.27. The first-order valence-corrected chi connectivity index (χ1v) is 9.99. The number of nitrogens with zero attached hydrogens (tertiary/aromatic N) is 4. The molecule has 0 amide bonds. The van der Waals surface area contributed by atoms with E-state index in [9.17, 15) is 0 Å². The van der Waals surface area contributed by atoms with Crippen LogP contribution in [0.5, 0.6) is 0 Å². The molecule has 7 nitrogen and oxygen atoms in total. The van der Waals surface area contributed by atoms with Gasteiger partial charge in [-0.25, -0.2) is 4.68 Å². The molecule has 0 spiro atoms. The van der Waals surface area contributed by atoms with E-state index in [1.807, 2.05) is 24.0 Å². The number of hydrogen-bond donors (Lipinski definition) is 2. The lowest BCUT2D eigenvalue weighted by Gasteiger charge is -2.38. The number of morpholine rings is 1. The van der Waals surface area contributed by atoms with Gasteiger partial charge in [0.1, 0.15) is 0 Å². The Morgan fingerprint density at radius 1 is 1.36 bits per heavy atom. The highest BCUT2D eigenvalue weighted by Crippen LogP contribution is 2.16. The number of rotatable bonds is 6. The zero-order valence-corrected chi connectivity index (χ0v) is 17.3. The molecule has 1 fully saturated rings. The molecular weight excluding hydrogens is 352 g/mol. The molecule has 2 aromatic rings. The Balaban J connectivity index is 1.56. The fraction of sp³-hybridized carbons (Fsp3) is 0.524.